The predicted molar refractivity (Wildman–Crippen MR) is 115 cm³/mol. The summed E-state index contributed by atoms with van der Waals surface area (Å²) in [6.45, 7) is -0.133. The highest BCUT2D eigenvalue weighted by Crippen LogP contribution is 2.27. The third-order valence-corrected chi connectivity index (χ3v) is 6.57. The molecule has 0 heterocycles. The van der Waals surface area contributed by atoms with Crippen molar-refractivity contribution in [3.05, 3.63) is 95.3 Å². The molecule has 0 bridgehead atoms. The highest BCUT2D eigenvalue weighted by molar-refractivity contribution is 7.92. The van der Waals surface area contributed by atoms with E-state index in [2.05, 4.69) is 0 Å². The van der Waals surface area contributed by atoms with Gasteiger partial charge in [0.25, 0.3) is 10.0 Å². The number of hydrogen-bond donors (Lipinski definition) is 0. The summed E-state index contributed by atoms with van der Waals surface area (Å²) in [6, 6.07) is 20.6. The number of hydrogen-bond acceptors (Lipinski definition) is 3. The number of carbonyl (C=O) groups is 1. The first-order valence-corrected chi connectivity index (χ1v) is 10.9. The van der Waals surface area contributed by atoms with Gasteiger partial charge in [-0.2, -0.15) is 0 Å². The molecule has 5 nitrogen and oxygen atoms in total. The number of nitrogens with zero attached hydrogens (tertiary/aromatic N) is 2. The third-order valence-electron chi connectivity index (χ3n) is 4.49. The maximum atomic E-state index is 13.6. The van der Waals surface area contributed by atoms with Crippen LogP contribution in [0.5, 0.6) is 0 Å². The minimum absolute atomic E-state index is 0.0176. The van der Waals surface area contributed by atoms with Crippen molar-refractivity contribution >= 4 is 33.2 Å². The molecule has 0 radical (unpaired) electrons. The van der Waals surface area contributed by atoms with Crippen LogP contribution in [0.4, 0.5) is 10.1 Å². The second-order valence-electron chi connectivity index (χ2n) is 6.66. The summed E-state index contributed by atoms with van der Waals surface area (Å²) in [4.78, 5) is 14.3. The molecular weight excluding hydrogens is 427 g/mol. The third kappa shape index (κ3) is 4.98. The van der Waals surface area contributed by atoms with E-state index >= 15 is 0 Å². The van der Waals surface area contributed by atoms with Crippen LogP contribution in [0, 0.1) is 5.82 Å². The second-order valence-corrected chi connectivity index (χ2v) is 8.93. The Morgan fingerprint density at radius 1 is 0.967 bits per heavy atom. The van der Waals surface area contributed by atoms with Crippen LogP contribution in [0.25, 0.3) is 0 Å². The maximum absolute atomic E-state index is 13.6. The zero-order valence-electron chi connectivity index (χ0n) is 16.2. The topological polar surface area (TPSA) is 57.7 Å². The predicted octanol–water partition coefficient (Wildman–Crippen LogP) is 4.33. The largest absolute Gasteiger partial charge is 0.340 e. The Kier molecular flexibility index (Phi) is 6.74. The van der Waals surface area contributed by atoms with Crippen LogP contribution in [0.15, 0.2) is 83.8 Å². The van der Waals surface area contributed by atoms with Crippen LogP contribution in [-0.4, -0.2) is 32.8 Å². The molecule has 30 heavy (non-hydrogen) atoms. The Hall–Kier alpha value is -2.90. The molecule has 156 valence electrons. The molecule has 0 aromatic heterocycles. The van der Waals surface area contributed by atoms with Crippen molar-refractivity contribution in [2.24, 2.45) is 0 Å². The fourth-order valence-corrected chi connectivity index (χ4v) is 4.47. The van der Waals surface area contributed by atoms with E-state index in [1.807, 2.05) is 30.3 Å². The molecule has 0 N–H and O–H groups in total. The van der Waals surface area contributed by atoms with Gasteiger partial charge in [-0.3, -0.25) is 9.10 Å². The zero-order valence-corrected chi connectivity index (χ0v) is 17.8. The Morgan fingerprint density at radius 2 is 1.57 bits per heavy atom. The molecule has 1 amide bonds. The first kappa shape index (κ1) is 21.8. The molecule has 0 saturated carbocycles. The SMILES string of the molecule is CN(Cc1ccccc1)C(=O)CN(c1ccc(F)c(Cl)c1)S(=O)(=O)c1ccccc1. The monoisotopic (exact) mass is 446 g/mol. The van der Waals surface area contributed by atoms with E-state index in [1.165, 1.54) is 29.2 Å². The number of anilines is 1. The Balaban J connectivity index is 1.93. The average molecular weight is 447 g/mol. The van der Waals surface area contributed by atoms with Gasteiger partial charge in [-0.25, -0.2) is 12.8 Å². The number of rotatable bonds is 7. The molecule has 0 aliphatic carbocycles. The zero-order chi connectivity index (χ0) is 21.7. The summed E-state index contributed by atoms with van der Waals surface area (Å²) >= 11 is 5.87. The lowest BCUT2D eigenvalue weighted by atomic mass is 10.2. The quantitative estimate of drug-likeness (QED) is 0.542. The molecule has 0 unspecified atom stereocenters. The molecule has 3 aromatic rings. The minimum atomic E-state index is -4.08. The average Bonchev–Trinajstić information content (AvgIpc) is 2.75. The van der Waals surface area contributed by atoms with Crippen LogP contribution in [0.3, 0.4) is 0 Å². The van der Waals surface area contributed by atoms with Gasteiger partial charge in [0.15, 0.2) is 0 Å². The molecule has 0 spiro atoms. The van der Waals surface area contributed by atoms with Crippen molar-refractivity contribution in [1.82, 2.24) is 4.90 Å². The number of carbonyl (C=O) groups excluding carboxylic acids is 1. The van der Waals surface area contributed by atoms with Crippen molar-refractivity contribution in [3.63, 3.8) is 0 Å². The van der Waals surface area contributed by atoms with Gasteiger partial charge < -0.3 is 4.90 Å². The van der Waals surface area contributed by atoms with Gasteiger partial charge in [-0.05, 0) is 35.9 Å². The lowest BCUT2D eigenvalue weighted by molar-refractivity contribution is -0.128. The van der Waals surface area contributed by atoms with Gasteiger partial charge in [0.05, 0.1) is 15.6 Å². The van der Waals surface area contributed by atoms with E-state index in [-0.39, 0.29) is 15.6 Å². The Bertz CT molecular complexity index is 1130. The number of amides is 1. The smallest absolute Gasteiger partial charge is 0.264 e. The Morgan fingerprint density at radius 3 is 2.17 bits per heavy atom. The van der Waals surface area contributed by atoms with E-state index in [9.17, 15) is 17.6 Å². The number of halogens is 2. The van der Waals surface area contributed by atoms with Crippen LogP contribution in [0.2, 0.25) is 5.02 Å². The molecule has 8 heteroatoms. The first-order chi connectivity index (χ1) is 14.3. The molecule has 3 aromatic carbocycles. The highest BCUT2D eigenvalue weighted by Gasteiger charge is 2.28. The van der Waals surface area contributed by atoms with Gasteiger partial charge >= 0.3 is 0 Å². The summed E-state index contributed by atoms with van der Waals surface area (Å²) < 4.78 is 41.1. The first-order valence-electron chi connectivity index (χ1n) is 9.10. The van der Waals surface area contributed by atoms with Crippen molar-refractivity contribution in [2.75, 3.05) is 17.9 Å². The molecule has 0 aliphatic heterocycles. The fourth-order valence-electron chi connectivity index (χ4n) is 2.86. The molecule has 0 atom stereocenters. The van der Waals surface area contributed by atoms with E-state index in [0.29, 0.717) is 6.54 Å². The van der Waals surface area contributed by atoms with Crippen LogP contribution < -0.4 is 4.31 Å². The summed E-state index contributed by atoms with van der Waals surface area (Å²) in [5.74, 6) is -1.09. The maximum Gasteiger partial charge on any atom is 0.264 e. The molecular formula is C22H20ClFN2O3S. The van der Waals surface area contributed by atoms with Gasteiger partial charge in [0, 0.05) is 13.6 Å². The second kappa shape index (κ2) is 9.28. The summed E-state index contributed by atoms with van der Waals surface area (Å²) in [6.07, 6.45) is 0. The summed E-state index contributed by atoms with van der Waals surface area (Å²) in [5, 5.41) is -0.231. The van der Waals surface area contributed by atoms with Crippen molar-refractivity contribution in [3.8, 4) is 0 Å². The summed E-state index contributed by atoms with van der Waals surface area (Å²) in [5.41, 5.74) is 1.02. The van der Waals surface area contributed by atoms with E-state index in [4.69, 9.17) is 11.6 Å². The van der Waals surface area contributed by atoms with Crippen LogP contribution in [0.1, 0.15) is 5.56 Å². The lowest BCUT2D eigenvalue weighted by Gasteiger charge is -2.27. The van der Waals surface area contributed by atoms with E-state index in [0.717, 1.165) is 15.9 Å². The lowest BCUT2D eigenvalue weighted by Crippen LogP contribution is -2.41. The molecule has 3 rings (SSSR count). The number of likely N-dealkylation sites (N-methyl/N-ethyl adjacent to an activating group) is 1. The minimum Gasteiger partial charge on any atom is -0.340 e. The van der Waals surface area contributed by atoms with Crippen LogP contribution in [-0.2, 0) is 21.4 Å². The van der Waals surface area contributed by atoms with Gasteiger partial charge in [0.2, 0.25) is 5.91 Å². The molecule has 0 aliphatic rings. The normalized spacial score (nSPS) is 11.2. The number of benzene rings is 3. The summed E-state index contributed by atoms with van der Waals surface area (Å²) in [7, 11) is -2.48. The Labute approximate surface area is 180 Å². The molecule has 0 saturated heterocycles. The van der Waals surface area contributed by atoms with Gasteiger partial charge in [0.1, 0.15) is 12.4 Å². The standard InChI is InChI=1S/C22H20ClFN2O3S/c1-25(15-17-8-4-2-5-9-17)22(27)16-26(18-12-13-21(24)20(23)14-18)30(28,29)19-10-6-3-7-11-19/h2-14H,15-16H2,1H3. The van der Waals surface area contributed by atoms with Crippen molar-refractivity contribution in [2.45, 2.75) is 11.4 Å². The molecule has 0 fully saturated rings. The van der Waals surface area contributed by atoms with Crippen molar-refractivity contribution < 1.29 is 17.6 Å². The van der Waals surface area contributed by atoms with Crippen LogP contribution >= 0.6 is 11.6 Å². The van der Waals surface area contributed by atoms with E-state index in [1.54, 1.807) is 25.2 Å². The highest BCUT2D eigenvalue weighted by atomic mass is 35.5. The van der Waals surface area contributed by atoms with Crippen molar-refractivity contribution in [1.29, 1.82) is 0 Å². The number of sulfonamides is 1. The van der Waals surface area contributed by atoms with Gasteiger partial charge in [-0.15, -0.1) is 0 Å². The van der Waals surface area contributed by atoms with E-state index < -0.39 is 28.3 Å². The fraction of sp³-hybridized carbons (Fsp3) is 0.136. The van der Waals surface area contributed by atoms with Gasteiger partial charge in [-0.1, -0.05) is 60.1 Å².